The number of ether oxygens (including phenoxy) is 2. The third-order valence-electron chi connectivity index (χ3n) is 3.21. The summed E-state index contributed by atoms with van der Waals surface area (Å²) in [4.78, 5) is 33.7. The van der Waals surface area contributed by atoms with Crippen LogP contribution in [0.3, 0.4) is 0 Å². The minimum Gasteiger partial charge on any atom is -0.493 e. The van der Waals surface area contributed by atoms with Crippen molar-refractivity contribution >= 4 is 23.9 Å². The fourth-order valence-electron chi connectivity index (χ4n) is 2.00. The lowest BCUT2D eigenvalue weighted by Gasteiger charge is -2.12. The molecule has 0 saturated heterocycles. The van der Waals surface area contributed by atoms with Gasteiger partial charge in [-0.2, -0.15) is 0 Å². The number of hydrogen-bond acceptors (Lipinski definition) is 5. The van der Waals surface area contributed by atoms with Gasteiger partial charge in [0.2, 0.25) is 11.8 Å². The van der Waals surface area contributed by atoms with Gasteiger partial charge in [0.1, 0.15) is 6.04 Å². The van der Waals surface area contributed by atoms with Gasteiger partial charge in [-0.1, -0.05) is 6.07 Å². The van der Waals surface area contributed by atoms with Gasteiger partial charge in [-0.05, 0) is 37.1 Å². The zero-order valence-corrected chi connectivity index (χ0v) is 14.2. The SMILES string of the molecule is CCOc1ccc(/C=C/C(=O)NC(CCC(N)=O)C(=O)O)cc1OC. The Labute approximate surface area is 145 Å². The minimum atomic E-state index is -1.23. The lowest BCUT2D eigenvalue weighted by Crippen LogP contribution is -2.40. The number of nitrogens with one attached hydrogen (secondary N) is 1. The van der Waals surface area contributed by atoms with Gasteiger partial charge in [0, 0.05) is 12.5 Å². The van der Waals surface area contributed by atoms with Crippen molar-refractivity contribution in [2.75, 3.05) is 13.7 Å². The summed E-state index contributed by atoms with van der Waals surface area (Å²) in [6.07, 6.45) is 2.52. The van der Waals surface area contributed by atoms with Crippen LogP contribution in [0, 0.1) is 0 Å². The molecule has 136 valence electrons. The van der Waals surface area contributed by atoms with Crippen LogP contribution in [0.15, 0.2) is 24.3 Å². The van der Waals surface area contributed by atoms with Crippen LogP contribution in [0.1, 0.15) is 25.3 Å². The predicted molar refractivity (Wildman–Crippen MR) is 91.2 cm³/mol. The first-order valence-electron chi connectivity index (χ1n) is 7.67. The van der Waals surface area contributed by atoms with Crippen LogP contribution < -0.4 is 20.5 Å². The Kier molecular flexibility index (Phi) is 7.98. The number of rotatable bonds is 10. The fourth-order valence-corrected chi connectivity index (χ4v) is 2.00. The maximum absolute atomic E-state index is 11.9. The Hall–Kier alpha value is -3.03. The van der Waals surface area contributed by atoms with Crippen LogP contribution in [-0.4, -0.2) is 42.6 Å². The number of carbonyl (C=O) groups excluding carboxylic acids is 2. The number of carboxylic acids is 1. The molecule has 1 unspecified atom stereocenters. The second-order valence-electron chi connectivity index (χ2n) is 5.08. The minimum absolute atomic E-state index is 0.0683. The number of primary amides is 1. The van der Waals surface area contributed by atoms with Crippen LogP contribution >= 0.6 is 0 Å². The maximum atomic E-state index is 11.9. The third-order valence-corrected chi connectivity index (χ3v) is 3.21. The third kappa shape index (κ3) is 6.94. The van der Waals surface area contributed by atoms with Crippen molar-refractivity contribution in [3.63, 3.8) is 0 Å². The van der Waals surface area contributed by atoms with Crippen molar-refractivity contribution < 1.29 is 29.0 Å². The Morgan fingerprint density at radius 3 is 2.60 bits per heavy atom. The molecule has 1 aromatic rings. The monoisotopic (exact) mass is 350 g/mol. The van der Waals surface area contributed by atoms with E-state index in [4.69, 9.17) is 20.3 Å². The summed E-state index contributed by atoms with van der Waals surface area (Å²) in [6.45, 7) is 2.35. The summed E-state index contributed by atoms with van der Waals surface area (Å²) >= 11 is 0. The van der Waals surface area contributed by atoms with E-state index in [1.54, 1.807) is 18.2 Å². The molecule has 0 aliphatic rings. The Bertz CT molecular complexity index is 657. The molecule has 0 bridgehead atoms. The smallest absolute Gasteiger partial charge is 0.326 e. The molecule has 0 radical (unpaired) electrons. The Balaban J connectivity index is 2.74. The molecule has 2 amide bonds. The van der Waals surface area contributed by atoms with Gasteiger partial charge in [-0.3, -0.25) is 9.59 Å². The first-order chi connectivity index (χ1) is 11.9. The average Bonchev–Trinajstić information content (AvgIpc) is 2.57. The average molecular weight is 350 g/mol. The standard InChI is InChI=1S/C17H22N2O6/c1-3-25-13-7-4-11(10-14(13)24-2)5-9-16(21)19-12(17(22)23)6-8-15(18)20/h4-5,7,9-10,12H,3,6,8H2,1-2H3,(H2,18,20)(H,19,21)(H,22,23)/b9-5+. The molecule has 0 heterocycles. The van der Waals surface area contributed by atoms with Gasteiger partial charge >= 0.3 is 5.97 Å². The van der Waals surface area contributed by atoms with Gasteiger partial charge in [0.05, 0.1) is 13.7 Å². The van der Waals surface area contributed by atoms with Gasteiger partial charge in [0.15, 0.2) is 11.5 Å². The zero-order valence-electron chi connectivity index (χ0n) is 14.2. The summed E-state index contributed by atoms with van der Waals surface area (Å²) in [5.74, 6) is -1.34. The number of amides is 2. The van der Waals surface area contributed by atoms with Gasteiger partial charge in [0.25, 0.3) is 0 Å². The van der Waals surface area contributed by atoms with E-state index in [0.29, 0.717) is 23.7 Å². The second-order valence-corrected chi connectivity index (χ2v) is 5.08. The van der Waals surface area contributed by atoms with E-state index in [1.165, 1.54) is 19.3 Å². The van der Waals surface area contributed by atoms with E-state index in [2.05, 4.69) is 5.32 Å². The second kappa shape index (κ2) is 9.96. The Morgan fingerprint density at radius 2 is 2.04 bits per heavy atom. The quantitative estimate of drug-likeness (QED) is 0.539. The van der Waals surface area contributed by atoms with E-state index >= 15 is 0 Å². The van der Waals surface area contributed by atoms with E-state index in [1.807, 2.05) is 6.92 Å². The normalized spacial score (nSPS) is 11.8. The largest absolute Gasteiger partial charge is 0.493 e. The summed E-state index contributed by atoms with van der Waals surface area (Å²) in [5.41, 5.74) is 5.67. The number of carboxylic acid groups (broad SMARTS) is 1. The summed E-state index contributed by atoms with van der Waals surface area (Å²) in [5, 5.41) is 11.4. The van der Waals surface area contributed by atoms with Crippen LogP contribution in [0.2, 0.25) is 0 Å². The first-order valence-corrected chi connectivity index (χ1v) is 7.67. The number of aliphatic carboxylic acids is 1. The van der Waals surface area contributed by atoms with E-state index in [9.17, 15) is 14.4 Å². The Morgan fingerprint density at radius 1 is 1.32 bits per heavy atom. The molecule has 0 saturated carbocycles. The van der Waals surface area contributed by atoms with E-state index in [-0.39, 0.29) is 12.8 Å². The maximum Gasteiger partial charge on any atom is 0.326 e. The van der Waals surface area contributed by atoms with Gasteiger partial charge in [-0.15, -0.1) is 0 Å². The van der Waals surface area contributed by atoms with E-state index in [0.717, 1.165) is 0 Å². The molecule has 8 heteroatoms. The van der Waals surface area contributed by atoms with Crippen molar-refractivity contribution in [1.29, 1.82) is 0 Å². The van der Waals surface area contributed by atoms with Crippen molar-refractivity contribution in [3.8, 4) is 11.5 Å². The summed E-state index contributed by atoms with van der Waals surface area (Å²) in [6, 6.07) is 3.96. The molecule has 25 heavy (non-hydrogen) atoms. The zero-order chi connectivity index (χ0) is 18.8. The lowest BCUT2D eigenvalue weighted by atomic mass is 10.1. The predicted octanol–water partition coefficient (Wildman–Crippen LogP) is 0.942. The van der Waals surface area contributed by atoms with Gasteiger partial charge in [-0.25, -0.2) is 4.79 Å². The van der Waals surface area contributed by atoms with Crippen LogP contribution in [0.25, 0.3) is 6.08 Å². The highest BCUT2D eigenvalue weighted by Crippen LogP contribution is 2.28. The molecule has 4 N–H and O–H groups in total. The van der Waals surface area contributed by atoms with Crippen molar-refractivity contribution in [1.82, 2.24) is 5.32 Å². The van der Waals surface area contributed by atoms with Crippen LogP contribution in [0.5, 0.6) is 11.5 Å². The highest BCUT2D eigenvalue weighted by Gasteiger charge is 2.19. The molecule has 1 aromatic carbocycles. The van der Waals surface area contributed by atoms with Crippen molar-refractivity contribution in [3.05, 3.63) is 29.8 Å². The first kappa shape index (κ1) is 20.0. The van der Waals surface area contributed by atoms with Crippen molar-refractivity contribution in [2.24, 2.45) is 5.73 Å². The highest BCUT2D eigenvalue weighted by molar-refractivity contribution is 5.94. The van der Waals surface area contributed by atoms with Gasteiger partial charge < -0.3 is 25.6 Å². The molecule has 8 nitrogen and oxygen atoms in total. The summed E-state index contributed by atoms with van der Waals surface area (Å²) in [7, 11) is 1.51. The van der Waals surface area contributed by atoms with Crippen LogP contribution in [0.4, 0.5) is 0 Å². The van der Waals surface area contributed by atoms with Crippen LogP contribution in [-0.2, 0) is 14.4 Å². The highest BCUT2D eigenvalue weighted by atomic mass is 16.5. The van der Waals surface area contributed by atoms with E-state index < -0.39 is 23.8 Å². The molecule has 0 aliphatic carbocycles. The number of benzene rings is 1. The van der Waals surface area contributed by atoms with Crippen molar-refractivity contribution in [2.45, 2.75) is 25.8 Å². The fraction of sp³-hybridized carbons (Fsp3) is 0.353. The topological polar surface area (TPSA) is 128 Å². The number of carbonyl (C=O) groups is 3. The molecule has 0 fully saturated rings. The lowest BCUT2D eigenvalue weighted by molar-refractivity contribution is -0.141. The molecule has 1 atom stereocenters. The number of methoxy groups -OCH3 is 1. The molecule has 0 spiro atoms. The molecule has 0 aromatic heterocycles. The number of nitrogens with two attached hydrogens (primary N) is 1. The number of hydrogen-bond donors (Lipinski definition) is 3. The molecule has 0 aliphatic heterocycles. The molecular weight excluding hydrogens is 328 g/mol. The molecule has 1 rings (SSSR count). The molecular formula is C17H22N2O6. The summed E-state index contributed by atoms with van der Waals surface area (Å²) < 4.78 is 10.6.